The van der Waals surface area contributed by atoms with Crippen molar-refractivity contribution in [3.05, 3.63) is 30.2 Å². The van der Waals surface area contributed by atoms with Gasteiger partial charge < -0.3 is 9.32 Å². The van der Waals surface area contributed by atoms with Crippen LogP contribution in [0.25, 0.3) is 17.4 Å². The van der Waals surface area contributed by atoms with Crippen LogP contribution >= 0.6 is 0 Å². The van der Waals surface area contributed by atoms with Crippen molar-refractivity contribution in [1.82, 2.24) is 19.6 Å². The van der Waals surface area contributed by atoms with Gasteiger partial charge in [0, 0.05) is 24.8 Å². The van der Waals surface area contributed by atoms with Crippen LogP contribution in [0.4, 0.5) is 5.82 Å². The van der Waals surface area contributed by atoms with E-state index in [0.717, 1.165) is 11.5 Å². The molecular formula is C17H21N5O. The van der Waals surface area contributed by atoms with E-state index >= 15 is 0 Å². The minimum absolute atomic E-state index is 0.560. The Hall–Kier alpha value is -2.37. The van der Waals surface area contributed by atoms with Crippen LogP contribution in [0.1, 0.15) is 37.8 Å². The van der Waals surface area contributed by atoms with Gasteiger partial charge in [-0.25, -0.2) is 4.98 Å². The summed E-state index contributed by atoms with van der Waals surface area (Å²) >= 11 is 0. The molecule has 6 heteroatoms. The second-order valence-electron chi connectivity index (χ2n) is 6.28. The van der Waals surface area contributed by atoms with Crippen LogP contribution in [-0.4, -0.2) is 32.7 Å². The van der Waals surface area contributed by atoms with Gasteiger partial charge in [-0.05, 0) is 31.9 Å². The zero-order valence-electron chi connectivity index (χ0n) is 13.6. The van der Waals surface area contributed by atoms with Crippen LogP contribution < -0.4 is 4.90 Å². The van der Waals surface area contributed by atoms with Gasteiger partial charge in [0.05, 0.1) is 6.26 Å². The van der Waals surface area contributed by atoms with Crippen LogP contribution in [0, 0.1) is 6.92 Å². The Balaban J connectivity index is 1.78. The van der Waals surface area contributed by atoms with E-state index in [-0.39, 0.29) is 0 Å². The third kappa shape index (κ3) is 2.58. The summed E-state index contributed by atoms with van der Waals surface area (Å²) in [7, 11) is 2.15. The van der Waals surface area contributed by atoms with E-state index < -0.39 is 0 Å². The van der Waals surface area contributed by atoms with Crippen molar-refractivity contribution in [1.29, 1.82) is 0 Å². The minimum atomic E-state index is 0.560. The van der Waals surface area contributed by atoms with Crippen LogP contribution in [-0.2, 0) is 0 Å². The molecule has 0 unspecified atom stereocenters. The number of aromatic nitrogens is 4. The smallest absolute Gasteiger partial charge is 0.254 e. The summed E-state index contributed by atoms with van der Waals surface area (Å²) in [6, 6.07) is 6.35. The summed E-state index contributed by atoms with van der Waals surface area (Å²) in [6.07, 6.45) is 8.06. The normalized spacial score (nSPS) is 16.1. The second kappa shape index (κ2) is 5.68. The van der Waals surface area contributed by atoms with Gasteiger partial charge >= 0.3 is 0 Å². The molecule has 0 aliphatic heterocycles. The molecule has 1 fully saturated rings. The number of aryl methyl sites for hydroxylation is 1. The fraction of sp³-hybridized carbons (Fsp3) is 0.471. The molecule has 23 heavy (non-hydrogen) atoms. The highest BCUT2D eigenvalue weighted by Gasteiger charge is 2.22. The third-order valence-corrected chi connectivity index (χ3v) is 4.65. The highest BCUT2D eigenvalue weighted by Crippen LogP contribution is 2.27. The molecule has 6 nitrogen and oxygen atoms in total. The van der Waals surface area contributed by atoms with E-state index in [1.165, 1.54) is 32.1 Å². The van der Waals surface area contributed by atoms with Gasteiger partial charge in [0.1, 0.15) is 5.82 Å². The van der Waals surface area contributed by atoms with Gasteiger partial charge in [-0.3, -0.25) is 0 Å². The average Bonchev–Trinajstić information content (AvgIpc) is 3.23. The summed E-state index contributed by atoms with van der Waals surface area (Å²) < 4.78 is 7.25. The lowest BCUT2D eigenvalue weighted by Crippen LogP contribution is -2.34. The number of anilines is 1. The van der Waals surface area contributed by atoms with E-state index in [4.69, 9.17) is 4.42 Å². The molecule has 0 N–H and O–H groups in total. The quantitative estimate of drug-likeness (QED) is 0.741. The fourth-order valence-corrected chi connectivity index (χ4v) is 3.38. The van der Waals surface area contributed by atoms with Gasteiger partial charge in [-0.1, -0.05) is 19.3 Å². The molecule has 3 aromatic heterocycles. The monoisotopic (exact) mass is 311 g/mol. The molecule has 1 aliphatic carbocycles. The number of nitrogens with zero attached hydrogens (tertiary/aromatic N) is 5. The number of hydrogen-bond acceptors (Lipinski definition) is 5. The largest absolute Gasteiger partial charge is 0.461 e. The summed E-state index contributed by atoms with van der Waals surface area (Å²) in [5.41, 5.74) is 0.952. The molecule has 0 bridgehead atoms. The molecule has 3 aromatic rings. The maximum atomic E-state index is 5.42. The first-order valence-corrected chi connectivity index (χ1v) is 8.23. The van der Waals surface area contributed by atoms with Gasteiger partial charge in [-0.2, -0.15) is 9.50 Å². The molecule has 3 heterocycles. The first-order valence-electron chi connectivity index (χ1n) is 8.23. The van der Waals surface area contributed by atoms with Crippen molar-refractivity contribution in [2.24, 2.45) is 0 Å². The van der Waals surface area contributed by atoms with E-state index in [1.54, 1.807) is 6.26 Å². The number of furan rings is 1. The Morgan fingerprint density at radius 1 is 1.22 bits per heavy atom. The standard InChI is InChI=1S/C17H21N5O/c1-12-11-15(21(2)13-7-4-3-5-8-13)22-17(18-12)19-16(20-22)14-9-6-10-23-14/h6,9-11,13H,3-5,7-8H2,1-2H3. The summed E-state index contributed by atoms with van der Waals surface area (Å²) in [5.74, 6) is 2.91. The Morgan fingerprint density at radius 3 is 2.78 bits per heavy atom. The van der Waals surface area contributed by atoms with E-state index in [2.05, 4.69) is 33.1 Å². The van der Waals surface area contributed by atoms with E-state index in [0.29, 0.717) is 23.4 Å². The highest BCUT2D eigenvalue weighted by molar-refractivity contribution is 5.54. The number of rotatable bonds is 3. The highest BCUT2D eigenvalue weighted by atomic mass is 16.3. The summed E-state index contributed by atoms with van der Waals surface area (Å²) in [5, 5.41) is 4.62. The molecule has 1 saturated carbocycles. The van der Waals surface area contributed by atoms with Crippen LogP contribution in [0.15, 0.2) is 28.9 Å². The predicted octanol–water partition coefficient (Wildman–Crippen LogP) is 3.46. The van der Waals surface area contributed by atoms with Crippen molar-refractivity contribution in [2.75, 3.05) is 11.9 Å². The molecule has 0 radical (unpaired) electrons. The first-order chi connectivity index (χ1) is 11.2. The number of hydrogen-bond donors (Lipinski definition) is 0. The molecular weight excluding hydrogens is 290 g/mol. The molecule has 4 rings (SSSR count). The molecule has 0 aromatic carbocycles. The van der Waals surface area contributed by atoms with Crippen molar-refractivity contribution in [3.8, 4) is 11.6 Å². The lowest BCUT2D eigenvalue weighted by Gasteiger charge is -2.32. The van der Waals surface area contributed by atoms with E-state index in [1.807, 2.05) is 23.6 Å². The van der Waals surface area contributed by atoms with Crippen molar-refractivity contribution < 1.29 is 4.42 Å². The topological polar surface area (TPSA) is 59.5 Å². The average molecular weight is 311 g/mol. The van der Waals surface area contributed by atoms with Crippen molar-refractivity contribution in [2.45, 2.75) is 45.1 Å². The van der Waals surface area contributed by atoms with Crippen LogP contribution in [0.5, 0.6) is 0 Å². The SMILES string of the molecule is Cc1cc(N(C)C2CCCCC2)n2nc(-c3ccco3)nc2n1. The van der Waals surface area contributed by atoms with Gasteiger partial charge in [0.25, 0.3) is 5.78 Å². The first kappa shape index (κ1) is 14.2. The Bertz CT molecular complexity index is 802. The molecule has 1 aliphatic rings. The lowest BCUT2D eigenvalue weighted by molar-refractivity contribution is 0.424. The van der Waals surface area contributed by atoms with Crippen molar-refractivity contribution >= 4 is 11.6 Å². The molecule has 0 atom stereocenters. The molecule has 0 amide bonds. The number of fused-ring (bicyclic) bond motifs is 1. The molecule has 120 valence electrons. The third-order valence-electron chi connectivity index (χ3n) is 4.65. The van der Waals surface area contributed by atoms with Crippen LogP contribution in [0.2, 0.25) is 0 Å². The maximum absolute atomic E-state index is 5.42. The van der Waals surface area contributed by atoms with Gasteiger partial charge in [0.2, 0.25) is 5.82 Å². The summed E-state index contributed by atoms with van der Waals surface area (Å²) in [6.45, 7) is 2.00. The van der Waals surface area contributed by atoms with Crippen LogP contribution in [0.3, 0.4) is 0 Å². The Morgan fingerprint density at radius 2 is 2.04 bits per heavy atom. The predicted molar refractivity (Wildman–Crippen MR) is 88.5 cm³/mol. The van der Waals surface area contributed by atoms with Gasteiger partial charge in [0.15, 0.2) is 5.76 Å². The molecule has 0 spiro atoms. The molecule has 0 saturated heterocycles. The minimum Gasteiger partial charge on any atom is -0.461 e. The fourth-order valence-electron chi connectivity index (χ4n) is 3.38. The van der Waals surface area contributed by atoms with Gasteiger partial charge in [-0.15, -0.1) is 5.10 Å². The zero-order valence-corrected chi connectivity index (χ0v) is 13.6. The van der Waals surface area contributed by atoms with Crippen molar-refractivity contribution in [3.63, 3.8) is 0 Å². The second-order valence-corrected chi connectivity index (χ2v) is 6.28. The maximum Gasteiger partial charge on any atom is 0.254 e. The Labute approximate surface area is 135 Å². The zero-order chi connectivity index (χ0) is 15.8. The Kier molecular flexibility index (Phi) is 3.52. The summed E-state index contributed by atoms with van der Waals surface area (Å²) in [4.78, 5) is 11.4. The van der Waals surface area contributed by atoms with E-state index in [9.17, 15) is 0 Å². The lowest BCUT2D eigenvalue weighted by atomic mass is 9.94.